The van der Waals surface area contributed by atoms with Gasteiger partial charge in [0.1, 0.15) is 12.6 Å². The molecule has 1 atom stereocenters. The van der Waals surface area contributed by atoms with Crippen LogP contribution in [0.5, 0.6) is 0 Å². The van der Waals surface area contributed by atoms with E-state index in [1.165, 1.54) is 26.4 Å². The molecule has 1 aromatic heterocycles. The molecule has 3 rings (SSSR count). The van der Waals surface area contributed by atoms with Crippen molar-refractivity contribution in [2.45, 2.75) is 44.1 Å². The Morgan fingerprint density at radius 1 is 1.36 bits per heavy atom. The summed E-state index contributed by atoms with van der Waals surface area (Å²) in [4.78, 5) is 22.6. The number of hydrogen-bond acceptors (Lipinski definition) is 5. The molecule has 0 spiro atoms. The van der Waals surface area contributed by atoms with Gasteiger partial charge in [0.2, 0.25) is 0 Å². The number of benzene rings is 1. The van der Waals surface area contributed by atoms with E-state index < -0.39 is 6.10 Å². The minimum absolute atomic E-state index is 0.173. The zero-order valence-corrected chi connectivity index (χ0v) is 14.7. The minimum Gasteiger partial charge on any atom is -0.465 e. The van der Waals surface area contributed by atoms with Crippen LogP contribution in [0.2, 0.25) is 0 Å². The third-order valence-electron chi connectivity index (χ3n) is 5.28. The largest absolute Gasteiger partial charge is 0.465 e. The standard InChI is InChI=1S/C19H24N2O4/c1-21-15-10-13(19(23)25-2)8-9-14(15)17(12-6-4-3-5-7-12)18(21)16(22)11-20-24/h8-10,12,16,22H,3-7,11H2,1-2H3. The van der Waals surface area contributed by atoms with E-state index >= 15 is 0 Å². The van der Waals surface area contributed by atoms with Gasteiger partial charge in [-0.15, -0.1) is 0 Å². The number of fused-ring (bicyclic) bond motifs is 1. The number of rotatable bonds is 5. The summed E-state index contributed by atoms with van der Waals surface area (Å²) in [5.74, 6) is -0.0308. The van der Waals surface area contributed by atoms with Gasteiger partial charge in [-0.1, -0.05) is 30.5 Å². The lowest BCUT2D eigenvalue weighted by molar-refractivity contribution is 0.0601. The number of nitroso groups, excluding NO2 is 1. The molecule has 1 aromatic carbocycles. The molecule has 1 N–H and O–H groups in total. The molecule has 134 valence electrons. The molecule has 2 aromatic rings. The average Bonchev–Trinajstić information content (AvgIpc) is 2.94. The van der Waals surface area contributed by atoms with Crippen molar-refractivity contribution < 1.29 is 14.6 Å². The number of nitrogens with zero attached hydrogens (tertiary/aromatic N) is 2. The summed E-state index contributed by atoms with van der Waals surface area (Å²) >= 11 is 0. The second-order valence-electron chi connectivity index (χ2n) is 6.74. The Kier molecular flexibility index (Phi) is 5.18. The van der Waals surface area contributed by atoms with E-state index in [4.69, 9.17) is 4.74 Å². The van der Waals surface area contributed by atoms with Crippen LogP contribution in [0, 0.1) is 4.91 Å². The summed E-state index contributed by atoms with van der Waals surface area (Å²) in [6.45, 7) is -0.173. The number of hydrogen-bond donors (Lipinski definition) is 1. The molecule has 25 heavy (non-hydrogen) atoms. The summed E-state index contributed by atoms with van der Waals surface area (Å²) in [6, 6.07) is 5.47. The first-order chi connectivity index (χ1) is 12.1. The Morgan fingerprint density at radius 3 is 2.72 bits per heavy atom. The molecule has 0 saturated heterocycles. The van der Waals surface area contributed by atoms with E-state index in [9.17, 15) is 14.8 Å². The molecule has 1 unspecified atom stereocenters. The van der Waals surface area contributed by atoms with Crippen molar-refractivity contribution in [2.75, 3.05) is 13.7 Å². The van der Waals surface area contributed by atoms with Gasteiger partial charge in [-0.2, -0.15) is 4.91 Å². The van der Waals surface area contributed by atoms with Crippen molar-refractivity contribution in [3.8, 4) is 0 Å². The maximum Gasteiger partial charge on any atom is 0.337 e. The summed E-state index contributed by atoms with van der Waals surface area (Å²) in [5, 5.41) is 14.4. The molecule has 1 saturated carbocycles. The number of carbonyl (C=O) groups excluding carboxylic acids is 1. The molecule has 6 nitrogen and oxygen atoms in total. The molecule has 0 amide bonds. The van der Waals surface area contributed by atoms with Crippen molar-refractivity contribution in [1.82, 2.24) is 4.57 Å². The maximum absolute atomic E-state index is 11.9. The highest BCUT2D eigenvalue weighted by atomic mass is 16.5. The highest BCUT2D eigenvalue weighted by molar-refractivity contribution is 5.96. The van der Waals surface area contributed by atoms with Crippen LogP contribution < -0.4 is 0 Å². The van der Waals surface area contributed by atoms with Crippen molar-refractivity contribution in [3.05, 3.63) is 39.9 Å². The van der Waals surface area contributed by atoms with Crippen molar-refractivity contribution in [1.29, 1.82) is 0 Å². The lowest BCUT2D eigenvalue weighted by Crippen LogP contribution is -2.13. The number of aromatic nitrogens is 1. The fraction of sp³-hybridized carbons (Fsp3) is 0.526. The SMILES string of the molecule is COC(=O)c1ccc2c(C3CCCCC3)c(C(O)CN=O)n(C)c2c1. The van der Waals surface area contributed by atoms with Crippen LogP contribution in [0.15, 0.2) is 23.4 Å². The average molecular weight is 344 g/mol. The summed E-state index contributed by atoms with van der Waals surface area (Å²) in [6.07, 6.45) is 4.79. The van der Waals surface area contributed by atoms with Crippen LogP contribution in [-0.2, 0) is 11.8 Å². The van der Waals surface area contributed by atoms with Crippen molar-refractivity contribution >= 4 is 16.9 Å². The van der Waals surface area contributed by atoms with Crippen LogP contribution in [0.1, 0.15) is 65.7 Å². The summed E-state index contributed by atoms with van der Waals surface area (Å²) in [5.41, 5.74) is 3.18. The van der Waals surface area contributed by atoms with Crippen molar-refractivity contribution in [2.24, 2.45) is 12.2 Å². The maximum atomic E-state index is 11.9. The molecular formula is C19H24N2O4. The number of esters is 1. The molecule has 1 aliphatic carbocycles. The second-order valence-corrected chi connectivity index (χ2v) is 6.74. The predicted octanol–water partition coefficient (Wildman–Crippen LogP) is 3.81. The number of aliphatic hydroxyl groups excluding tert-OH is 1. The normalized spacial score (nSPS) is 16.8. The molecule has 1 heterocycles. The Hall–Kier alpha value is -2.21. The monoisotopic (exact) mass is 344 g/mol. The Bertz CT molecular complexity index is 790. The van der Waals surface area contributed by atoms with Gasteiger partial charge in [0.05, 0.1) is 18.4 Å². The lowest BCUT2D eigenvalue weighted by atomic mass is 9.82. The molecule has 0 aliphatic heterocycles. The Morgan fingerprint density at radius 2 is 2.08 bits per heavy atom. The van der Waals surface area contributed by atoms with Crippen LogP contribution >= 0.6 is 0 Å². The third-order valence-corrected chi connectivity index (χ3v) is 5.28. The van der Waals surface area contributed by atoms with E-state index in [0.29, 0.717) is 11.5 Å². The molecule has 1 fully saturated rings. The van der Waals surface area contributed by atoms with Gasteiger partial charge in [-0.3, -0.25) is 0 Å². The minimum atomic E-state index is -0.937. The first-order valence-electron chi connectivity index (χ1n) is 8.76. The molecule has 0 bridgehead atoms. The number of carbonyl (C=O) groups is 1. The van der Waals surface area contributed by atoms with E-state index in [1.54, 1.807) is 12.1 Å². The topological polar surface area (TPSA) is 80.9 Å². The van der Waals surface area contributed by atoms with E-state index in [-0.39, 0.29) is 12.5 Å². The van der Waals surface area contributed by atoms with Crippen LogP contribution in [0.25, 0.3) is 10.9 Å². The van der Waals surface area contributed by atoms with Crippen molar-refractivity contribution in [3.63, 3.8) is 0 Å². The van der Waals surface area contributed by atoms with Gasteiger partial charge in [-0.25, -0.2) is 4.79 Å². The Labute approximate surface area is 146 Å². The van der Waals surface area contributed by atoms with E-state index in [0.717, 1.165) is 35.0 Å². The Balaban J connectivity index is 2.20. The lowest BCUT2D eigenvalue weighted by Gasteiger charge is -2.24. The highest BCUT2D eigenvalue weighted by Gasteiger charge is 2.28. The molecule has 6 heteroatoms. The van der Waals surface area contributed by atoms with Gasteiger partial charge < -0.3 is 14.4 Å². The predicted molar refractivity (Wildman–Crippen MR) is 95.7 cm³/mol. The summed E-state index contributed by atoms with van der Waals surface area (Å²) in [7, 11) is 3.22. The smallest absolute Gasteiger partial charge is 0.337 e. The number of aliphatic hydroxyl groups is 1. The third kappa shape index (κ3) is 3.18. The quantitative estimate of drug-likeness (QED) is 0.660. The second kappa shape index (κ2) is 7.35. The summed E-state index contributed by atoms with van der Waals surface area (Å²) < 4.78 is 6.70. The molecule has 1 aliphatic rings. The molecular weight excluding hydrogens is 320 g/mol. The van der Waals surface area contributed by atoms with Gasteiger partial charge in [0.25, 0.3) is 0 Å². The van der Waals surface area contributed by atoms with Crippen LogP contribution in [0.3, 0.4) is 0 Å². The molecule has 0 radical (unpaired) electrons. The van der Waals surface area contributed by atoms with Gasteiger partial charge >= 0.3 is 5.97 Å². The fourth-order valence-electron chi connectivity index (χ4n) is 4.11. The number of methoxy groups -OCH3 is 1. The number of aryl methyl sites for hydroxylation is 1. The highest BCUT2D eigenvalue weighted by Crippen LogP contribution is 2.42. The van der Waals surface area contributed by atoms with E-state index in [1.807, 2.05) is 17.7 Å². The van der Waals surface area contributed by atoms with Crippen LogP contribution in [0.4, 0.5) is 0 Å². The zero-order valence-electron chi connectivity index (χ0n) is 14.7. The fourth-order valence-corrected chi connectivity index (χ4v) is 4.11. The van der Waals surface area contributed by atoms with Crippen LogP contribution in [-0.4, -0.2) is 29.3 Å². The number of ether oxygens (including phenoxy) is 1. The zero-order chi connectivity index (χ0) is 18.0. The van der Waals surface area contributed by atoms with Gasteiger partial charge in [-0.05, 0) is 36.5 Å². The van der Waals surface area contributed by atoms with Gasteiger partial charge in [0.15, 0.2) is 0 Å². The van der Waals surface area contributed by atoms with Gasteiger partial charge in [0, 0.05) is 18.0 Å². The van der Waals surface area contributed by atoms with E-state index in [2.05, 4.69) is 5.18 Å². The first-order valence-corrected chi connectivity index (χ1v) is 8.76. The first kappa shape index (κ1) is 17.6.